The van der Waals surface area contributed by atoms with Crippen molar-refractivity contribution >= 4 is 5.82 Å². The van der Waals surface area contributed by atoms with Gasteiger partial charge in [0, 0.05) is 44.5 Å². The van der Waals surface area contributed by atoms with Crippen LogP contribution >= 0.6 is 0 Å². The summed E-state index contributed by atoms with van der Waals surface area (Å²) in [6.45, 7) is 4.68. The summed E-state index contributed by atoms with van der Waals surface area (Å²) in [6.07, 6.45) is -0.931. The zero-order valence-electron chi connectivity index (χ0n) is 19.2. The summed E-state index contributed by atoms with van der Waals surface area (Å²) in [5, 5.41) is 19.7. The molecule has 0 unspecified atom stereocenters. The molecule has 3 heterocycles. The second-order valence-corrected chi connectivity index (χ2v) is 9.88. The molecule has 0 amide bonds. The van der Waals surface area contributed by atoms with Crippen LogP contribution in [0.5, 0.6) is 0 Å². The molecule has 0 spiro atoms. The Morgan fingerprint density at radius 3 is 2.49 bits per heavy atom. The number of halogens is 4. The van der Waals surface area contributed by atoms with Crippen LogP contribution in [0.3, 0.4) is 0 Å². The number of fused-ring (bicyclic) bond motifs is 1. The van der Waals surface area contributed by atoms with Gasteiger partial charge in [-0.15, -0.1) is 10.2 Å². The number of nitrogens with one attached hydrogen (secondary N) is 1. The minimum atomic E-state index is -4.69. The summed E-state index contributed by atoms with van der Waals surface area (Å²) in [5.41, 5.74) is -1.69. The van der Waals surface area contributed by atoms with Crippen molar-refractivity contribution in [1.82, 2.24) is 15.1 Å². The molecule has 2 aliphatic heterocycles. The first-order valence-corrected chi connectivity index (χ1v) is 12.0. The molecule has 5 rings (SSSR count). The van der Waals surface area contributed by atoms with Gasteiger partial charge in [0.1, 0.15) is 17.4 Å². The van der Waals surface area contributed by atoms with Gasteiger partial charge in [-0.3, -0.25) is 0 Å². The van der Waals surface area contributed by atoms with Crippen LogP contribution in [0.1, 0.15) is 36.8 Å². The topological polar surface area (TPSA) is 74.1 Å². The van der Waals surface area contributed by atoms with Crippen molar-refractivity contribution in [1.29, 1.82) is 5.26 Å². The standard InChI is InChI=1S/C25H27F4N5O/c26-23-16(11-30)2-1-3-20(23)22-10-21(25(27,28)29)24(33-32-22)31-19-8-17-13-34(14-18(17)9-19)12-15-4-6-35-7-5-15/h1-3,10,15,17-19H,4-9,12-14H2,(H,31,33)/t17-,18+,19-. The van der Waals surface area contributed by atoms with Crippen molar-refractivity contribution in [2.75, 3.05) is 38.2 Å². The third-order valence-corrected chi connectivity index (χ3v) is 7.52. The molecule has 3 aliphatic rings. The highest BCUT2D eigenvalue weighted by molar-refractivity contribution is 5.65. The number of benzene rings is 1. The molecule has 2 aromatic rings. The molecule has 186 valence electrons. The molecular weight excluding hydrogens is 462 g/mol. The summed E-state index contributed by atoms with van der Waals surface area (Å²) in [5.74, 6) is 0.334. The number of likely N-dealkylation sites (tertiary alicyclic amines) is 1. The highest BCUT2D eigenvalue weighted by Gasteiger charge is 2.43. The molecule has 1 aromatic heterocycles. The zero-order chi connectivity index (χ0) is 24.6. The fraction of sp³-hybridized carbons (Fsp3) is 0.560. The molecule has 10 heteroatoms. The predicted octanol–water partition coefficient (Wildman–Crippen LogP) is 4.72. The third kappa shape index (κ3) is 5.11. The normalized spacial score (nSPS) is 25.4. The molecule has 0 radical (unpaired) electrons. The van der Waals surface area contributed by atoms with Gasteiger partial charge in [0.05, 0.1) is 11.3 Å². The molecule has 3 atom stereocenters. The van der Waals surface area contributed by atoms with E-state index in [9.17, 15) is 17.6 Å². The largest absolute Gasteiger partial charge is 0.420 e. The Kier molecular flexibility index (Phi) is 6.64. The Morgan fingerprint density at radius 1 is 1.11 bits per heavy atom. The maximum atomic E-state index is 14.5. The van der Waals surface area contributed by atoms with E-state index in [1.807, 2.05) is 0 Å². The average Bonchev–Trinajstić information content (AvgIpc) is 3.37. The van der Waals surface area contributed by atoms with Crippen LogP contribution in [-0.2, 0) is 10.9 Å². The Bertz CT molecular complexity index is 1100. The minimum absolute atomic E-state index is 0.116. The van der Waals surface area contributed by atoms with Crippen LogP contribution in [0, 0.1) is 34.9 Å². The lowest BCUT2D eigenvalue weighted by atomic mass is 10.00. The lowest BCUT2D eigenvalue weighted by Gasteiger charge is -2.28. The van der Waals surface area contributed by atoms with E-state index in [4.69, 9.17) is 10.00 Å². The number of ether oxygens (including phenoxy) is 1. The first-order valence-electron chi connectivity index (χ1n) is 12.0. The third-order valence-electron chi connectivity index (χ3n) is 7.52. The monoisotopic (exact) mass is 489 g/mol. The summed E-state index contributed by atoms with van der Waals surface area (Å²) < 4.78 is 61.7. The maximum absolute atomic E-state index is 14.5. The van der Waals surface area contributed by atoms with Crippen molar-refractivity contribution in [2.45, 2.75) is 37.9 Å². The molecule has 0 bridgehead atoms. The van der Waals surface area contributed by atoms with Gasteiger partial charge in [-0.1, -0.05) is 6.07 Å². The van der Waals surface area contributed by atoms with E-state index in [1.165, 1.54) is 18.2 Å². The molecule has 6 nitrogen and oxygen atoms in total. The Hall–Kier alpha value is -2.77. The molecule has 1 N–H and O–H groups in total. The summed E-state index contributed by atoms with van der Waals surface area (Å²) in [6, 6.07) is 6.33. The number of hydrogen-bond donors (Lipinski definition) is 1. The van der Waals surface area contributed by atoms with Crippen molar-refractivity contribution in [2.24, 2.45) is 17.8 Å². The summed E-state index contributed by atoms with van der Waals surface area (Å²) in [4.78, 5) is 2.50. The Labute approximate surface area is 201 Å². The lowest BCUT2D eigenvalue weighted by Crippen LogP contribution is -2.32. The van der Waals surface area contributed by atoms with Crippen LogP contribution in [-0.4, -0.2) is 54.0 Å². The van der Waals surface area contributed by atoms with Crippen LogP contribution in [0.15, 0.2) is 24.3 Å². The quantitative estimate of drug-likeness (QED) is 0.613. The fourth-order valence-electron chi connectivity index (χ4n) is 5.81. The van der Waals surface area contributed by atoms with E-state index >= 15 is 0 Å². The number of alkyl halides is 3. The fourth-order valence-corrected chi connectivity index (χ4v) is 5.81. The Morgan fingerprint density at radius 2 is 1.83 bits per heavy atom. The molecule has 1 aliphatic carbocycles. The van der Waals surface area contributed by atoms with E-state index < -0.39 is 17.6 Å². The first-order chi connectivity index (χ1) is 16.8. The predicted molar refractivity (Wildman–Crippen MR) is 121 cm³/mol. The van der Waals surface area contributed by atoms with Crippen LogP contribution < -0.4 is 5.32 Å². The van der Waals surface area contributed by atoms with Crippen molar-refractivity contribution in [3.05, 3.63) is 41.2 Å². The van der Waals surface area contributed by atoms with Gasteiger partial charge in [0.15, 0.2) is 5.82 Å². The van der Waals surface area contributed by atoms with Gasteiger partial charge in [0.2, 0.25) is 0 Å². The number of nitriles is 1. The first kappa shape index (κ1) is 23.9. The molecule has 35 heavy (non-hydrogen) atoms. The molecule has 2 saturated heterocycles. The summed E-state index contributed by atoms with van der Waals surface area (Å²) in [7, 11) is 0. The smallest absolute Gasteiger partial charge is 0.381 e. The number of aromatic nitrogens is 2. The second-order valence-electron chi connectivity index (χ2n) is 9.88. The maximum Gasteiger partial charge on any atom is 0.420 e. The van der Waals surface area contributed by atoms with Gasteiger partial charge in [-0.05, 0) is 61.6 Å². The van der Waals surface area contributed by atoms with E-state index in [2.05, 4.69) is 20.4 Å². The van der Waals surface area contributed by atoms with Crippen molar-refractivity contribution < 1.29 is 22.3 Å². The van der Waals surface area contributed by atoms with Gasteiger partial charge >= 0.3 is 6.18 Å². The number of hydrogen-bond acceptors (Lipinski definition) is 6. The van der Waals surface area contributed by atoms with Crippen molar-refractivity contribution in [3.63, 3.8) is 0 Å². The average molecular weight is 490 g/mol. The van der Waals surface area contributed by atoms with Gasteiger partial charge in [-0.25, -0.2) is 4.39 Å². The highest BCUT2D eigenvalue weighted by atomic mass is 19.4. The number of rotatable bonds is 5. The summed E-state index contributed by atoms with van der Waals surface area (Å²) >= 11 is 0. The lowest BCUT2D eigenvalue weighted by molar-refractivity contribution is -0.137. The molecule has 1 saturated carbocycles. The second kappa shape index (κ2) is 9.70. The van der Waals surface area contributed by atoms with Gasteiger partial charge in [0.25, 0.3) is 0 Å². The molecule has 1 aromatic carbocycles. The minimum Gasteiger partial charge on any atom is -0.381 e. The highest BCUT2D eigenvalue weighted by Crippen LogP contribution is 2.42. The van der Waals surface area contributed by atoms with E-state index in [-0.39, 0.29) is 28.7 Å². The van der Waals surface area contributed by atoms with E-state index in [1.54, 1.807) is 6.07 Å². The van der Waals surface area contributed by atoms with E-state index in [0.29, 0.717) is 17.8 Å². The van der Waals surface area contributed by atoms with Crippen LogP contribution in [0.4, 0.5) is 23.4 Å². The molecular formula is C25H27F4N5O. The SMILES string of the molecule is N#Cc1cccc(-c2cc(C(F)(F)F)c(N[C@@H]3C[C@@H]4CN(CC5CCOCC5)C[C@@H]4C3)nn2)c1F. The van der Waals surface area contributed by atoms with Crippen LogP contribution in [0.2, 0.25) is 0 Å². The van der Waals surface area contributed by atoms with Crippen molar-refractivity contribution in [3.8, 4) is 17.3 Å². The number of anilines is 1. The zero-order valence-corrected chi connectivity index (χ0v) is 19.2. The van der Waals surface area contributed by atoms with Gasteiger partial charge in [-0.2, -0.15) is 18.4 Å². The van der Waals surface area contributed by atoms with Gasteiger partial charge < -0.3 is 15.0 Å². The Balaban J connectivity index is 1.28. The molecule has 3 fully saturated rings. The van der Waals surface area contributed by atoms with Crippen LogP contribution in [0.25, 0.3) is 11.3 Å². The van der Waals surface area contributed by atoms with E-state index in [0.717, 1.165) is 64.6 Å². The number of nitrogens with zero attached hydrogens (tertiary/aromatic N) is 4.